The van der Waals surface area contributed by atoms with Crippen LogP contribution in [0.4, 0.5) is 4.79 Å². The highest BCUT2D eigenvalue weighted by atomic mass is 16.5. The second-order valence-electron chi connectivity index (χ2n) is 14.1. The lowest BCUT2D eigenvalue weighted by atomic mass is 9.95. The number of carbonyl (C=O) groups excluding carboxylic acids is 8. The third kappa shape index (κ3) is 24.0. The number of rotatable bonds is 34. The van der Waals surface area contributed by atoms with Crippen LogP contribution in [0.2, 0.25) is 0 Å². The second-order valence-corrected chi connectivity index (χ2v) is 14.1. The van der Waals surface area contributed by atoms with E-state index >= 15 is 0 Å². The summed E-state index contributed by atoms with van der Waals surface area (Å²) in [5.74, 6) is -8.28. The van der Waals surface area contributed by atoms with E-state index in [0.717, 1.165) is 0 Å². The first-order valence-corrected chi connectivity index (χ1v) is 19.5. The molecule has 356 valence electrons. The fourth-order valence-corrected chi connectivity index (χ4v) is 5.09. The second kappa shape index (κ2) is 31.1. The van der Waals surface area contributed by atoms with Crippen LogP contribution in [0.1, 0.15) is 64.7 Å². The van der Waals surface area contributed by atoms with Crippen LogP contribution in [-0.4, -0.2) is 210 Å². The van der Waals surface area contributed by atoms with E-state index in [4.69, 9.17) is 20.1 Å². The van der Waals surface area contributed by atoms with Gasteiger partial charge in [-0.05, 0) is 12.8 Å². The van der Waals surface area contributed by atoms with E-state index in [1.807, 2.05) is 0 Å². The number of aliphatic hydroxyl groups excluding tert-OH is 10. The summed E-state index contributed by atoms with van der Waals surface area (Å²) in [5, 5.41) is 117. The number of hydrogen-bond donors (Lipinski definition) is 16. The summed E-state index contributed by atoms with van der Waals surface area (Å²) >= 11 is 0. The predicted octanol–water partition coefficient (Wildman–Crippen LogP) is -7.64. The molecule has 0 bridgehead atoms. The number of alkyl carbamates (subject to hydrolysis) is 1. The van der Waals surface area contributed by atoms with Gasteiger partial charge >= 0.3 is 12.1 Å². The molecule has 5 amide bonds. The number of aliphatic carboxylic acids is 1. The quantitative estimate of drug-likeness (QED) is 0.0285. The number of carboxylic acids is 1. The Balaban J connectivity index is 6.07. The fraction of sp³-hybridized carbons (Fsp3) is 0.750. The van der Waals surface area contributed by atoms with Gasteiger partial charge < -0.3 is 87.5 Å². The molecule has 0 saturated carbocycles. The molecule has 0 aliphatic heterocycles. The molecular formula is C36H61N5O21. The van der Waals surface area contributed by atoms with Gasteiger partial charge in [-0.15, -0.1) is 0 Å². The first-order chi connectivity index (χ1) is 29.1. The molecule has 0 spiro atoms. The molecule has 26 heteroatoms. The number of ketones is 3. The largest absolute Gasteiger partial charge is 0.481 e. The molecule has 0 fully saturated rings. The van der Waals surface area contributed by atoms with Crippen LogP contribution in [0.3, 0.4) is 0 Å². The summed E-state index contributed by atoms with van der Waals surface area (Å²) in [7, 11) is 0. The molecule has 0 aliphatic carbocycles. The van der Waals surface area contributed by atoms with Gasteiger partial charge in [0.1, 0.15) is 43.2 Å². The number of amides is 5. The maximum atomic E-state index is 13.6. The van der Waals surface area contributed by atoms with Crippen molar-refractivity contribution in [3.05, 3.63) is 0 Å². The Hall–Kier alpha value is -4.77. The van der Waals surface area contributed by atoms with E-state index in [9.17, 15) is 84.0 Å². The van der Waals surface area contributed by atoms with Crippen molar-refractivity contribution >= 4 is 53.0 Å². The minimum atomic E-state index is -2.06. The van der Waals surface area contributed by atoms with Gasteiger partial charge in [0.05, 0.1) is 56.9 Å². The summed E-state index contributed by atoms with van der Waals surface area (Å²) in [6.45, 7) is -3.36. The maximum absolute atomic E-state index is 13.6. The molecule has 0 aromatic heterocycles. The highest BCUT2D eigenvalue weighted by Crippen LogP contribution is 2.14. The zero-order valence-electron chi connectivity index (χ0n) is 34.1. The number of Topliss-reactive ketones (excluding diaryl/α,β-unsaturated/α-hetero) is 3. The van der Waals surface area contributed by atoms with Gasteiger partial charge in [0.15, 0.2) is 17.3 Å². The summed E-state index contributed by atoms with van der Waals surface area (Å²) in [6, 6.07) is -1.65. The minimum absolute atomic E-state index is 0.135. The highest BCUT2D eigenvalue weighted by molar-refractivity contribution is 5.94. The van der Waals surface area contributed by atoms with Crippen molar-refractivity contribution in [3.8, 4) is 0 Å². The summed E-state index contributed by atoms with van der Waals surface area (Å²) in [5.41, 5.74) is 0. The third-order valence-corrected chi connectivity index (χ3v) is 9.00. The molecular weight excluding hydrogens is 838 g/mol. The molecule has 0 saturated heterocycles. The summed E-state index contributed by atoms with van der Waals surface area (Å²) in [6.07, 6.45) is -21.0. The van der Waals surface area contributed by atoms with Gasteiger partial charge in [0, 0.05) is 51.6 Å². The Labute approximate surface area is 355 Å². The maximum Gasteiger partial charge on any atom is 0.407 e. The molecule has 0 aliphatic rings. The Morgan fingerprint density at radius 3 is 1.66 bits per heavy atom. The number of aliphatic hydroxyl groups is 10. The molecule has 0 rings (SSSR count). The van der Waals surface area contributed by atoms with E-state index in [1.165, 1.54) is 0 Å². The van der Waals surface area contributed by atoms with Gasteiger partial charge in [-0.25, -0.2) is 4.79 Å². The van der Waals surface area contributed by atoms with Gasteiger partial charge in [0.25, 0.3) is 0 Å². The number of ether oxygens (including phenoxy) is 1. The molecule has 0 aromatic rings. The molecule has 0 heterocycles. The van der Waals surface area contributed by atoms with Crippen molar-refractivity contribution in [1.82, 2.24) is 26.6 Å². The zero-order chi connectivity index (χ0) is 47.5. The van der Waals surface area contributed by atoms with Crippen molar-refractivity contribution in [3.63, 3.8) is 0 Å². The van der Waals surface area contributed by atoms with Gasteiger partial charge in [-0.1, -0.05) is 6.92 Å². The Morgan fingerprint density at radius 2 is 1.10 bits per heavy atom. The van der Waals surface area contributed by atoms with Crippen LogP contribution in [0, 0.1) is 5.92 Å². The molecule has 16 N–H and O–H groups in total. The van der Waals surface area contributed by atoms with Crippen molar-refractivity contribution in [2.24, 2.45) is 5.92 Å². The van der Waals surface area contributed by atoms with Gasteiger partial charge in [-0.3, -0.25) is 38.4 Å². The lowest BCUT2D eigenvalue weighted by Gasteiger charge is -2.26. The van der Waals surface area contributed by atoms with Crippen LogP contribution in [-0.2, 0) is 43.1 Å². The normalized spacial score (nSPS) is 16.0. The van der Waals surface area contributed by atoms with Crippen molar-refractivity contribution in [2.75, 3.05) is 46.0 Å². The van der Waals surface area contributed by atoms with Crippen molar-refractivity contribution < 1.29 is 104 Å². The van der Waals surface area contributed by atoms with Gasteiger partial charge in [-0.2, -0.15) is 0 Å². The van der Waals surface area contributed by atoms with Gasteiger partial charge in [0.2, 0.25) is 23.6 Å². The van der Waals surface area contributed by atoms with Crippen LogP contribution >= 0.6 is 0 Å². The van der Waals surface area contributed by atoms with Crippen LogP contribution in [0.25, 0.3) is 0 Å². The topological polar surface area (TPSA) is 446 Å². The Kier molecular flexibility index (Phi) is 28.7. The highest BCUT2D eigenvalue weighted by Gasteiger charge is 2.34. The first-order valence-electron chi connectivity index (χ1n) is 19.5. The van der Waals surface area contributed by atoms with E-state index in [1.54, 1.807) is 6.92 Å². The van der Waals surface area contributed by atoms with Crippen molar-refractivity contribution in [2.45, 2.75) is 120 Å². The first kappa shape index (κ1) is 57.2. The van der Waals surface area contributed by atoms with E-state index < -0.39 is 179 Å². The molecule has 10 atom stereocenters. The standard InChI is InChI=1S/C36H61N5O21/c1-2-27(51)38-12-19(44)3-7-28(52)39-13-20(45)11-18(17-62-36(61)37-10-9-30(54)55)35(60)41-21(22(46)5-6-23(47)31(56)33(58)25(49)15-42)4-8-29(53)40-14-24(48)32(57)34(59)26(50)16-43/h18,21,23-26,31-34,42-43,47-50,56-59H,2-17H2,1H3,(H,37,61)(H,38,51)(H,39,52)(H,40,53)(H,41,60)(H,54,55)/t18-,21?,23-,24-,25+,26+,31+,32+,33+,34+/m0/s1. The smallest absolute Gasteiger partial charge is 0.407 e. The van der Waals surface area contributed by atoms with Crippen LogP contribution < -0.4 is 26.6 Å². The number of carbonyl (C=O) groups is 9. The third-order valence-electron chi connectivity index (χ3n) is 9.00. The SMILES string of the molecule is CCC(=O)NCC(=O)CCC(=O)NCC(=O)C[C@@H](COC(=O)NCCC(=O)O)C(=O)NC(CCC(=O)NC[C@H](O)[C@@H](O)[C@H](O)[C@H](O)CO)C(=O)CC[C@H](O)[C@@H](O)[C@H](O)[C@H](O)CO. The van der Waals surface area contributed by atoms with Crippen molar-refractivity contribution in [1.29, 1.82) is 0 Å². The van der Waals surface area contributed by atoms with E-state index in [2.05, 4.69) is 26.6 Å². The number of nitrogens with one attached hydrogen (secondary N) is 5. The van der Waals surface area contributed by atoms with E-state index in [-0.39, 0.29) is 38.3 Å². The van der Waals surface area contributed by atoms with Crippen LogP contribution in [0.5, 0.6) is 0 Å². The monoisotopic (exact) mass is 899 g/mol. The summed E-state index contributed by atoms with van der Waals surface area (Å²) < 4.78 is 4.98. The van der Waals surface area contributed by atoms with Crippen LogP contribution in [0.15, 0.2) is 0 Å². The molecule has 1 unspecified atom stereocenters. The Morgan fingerprint density at radius 1 is 0.565 bits per heavy atom. The minimum Gasteiger partial charge on any atom is -0.481 e. The predicted molar refractivity (Wildman–Crippen MR) is 206 cm³/mol. The molecule has 62 heavy (non-hydrogen) atoms. The zero-order valence-corrected chi connectivity index (χ0v) is 34.1. The molecule has 0 radical (unpaired) electrons. The number of hydrogen-bond acceptors (Lipinski definition) is 20. The Bertz CT molecular complexity index is 1470. The lowest BCUT2D eigenvalue weighted by molar-refractivity contribution is -0.137. The van der Waals surface area contributed by atoms with E-state index in [0.29, 0.717) is 0 Å². The summed E-state index contributed by atoms with van der Waals surface area (Å²) in [4.78, 5) is 111. The average molecular weight is 900 g/mol. The molecule has 0 aromatic carbocycles. The lowest BCUT2D eigenvalue weighted by Crippen LogP contribution is -2.50. The fourth-order valence-electron chi connectivity index (χ4n) is 5.09. The average Bonchev–Trinajstić information content (AvgIpc) is 3.25. The number of carboxylic acid groups (broad SMARTS) is 1. The molecule has 26 nitrogen and oxygen atoms in total.